The van der Waals surface area contributed by atoms with Crippen LogP contribution in [0.1, 0.15) is 45.1 Å². The molecule has 2 N–H and O–H groups in total. The summed E-state index contributed by atoms with van der Waals surface area (Å²) in [6.07, 6.45) is 7.57. The summed E-state index contributed by atoms with van der Waals surface area (Å²) < 4.78 is 5.79. The van der Waals surface area contributed by atoms with Gasteiger partial charge in [0.25, 0.3) is 0 Å². The van der Waals surface area contributed by atoms with Crippen LogP contribution in [-0.4, -0.2) is 49.3 Å². The highest BCUT2D eigenvalue weighted by Gasteiger charge is 2.23. The quantitative estimate of drug-likeness (QED) is 0.400. The van der Waals surface area contributed by atoms with Crippen LogP contribution in [0.15, 0.2) is 23.3 Å². The van der Waals surface area contributed by atoms with E-state index in [0.29, 0.717) is 6.04 Å². The molecule has 26 heavy (non-hydrogen) atoms. The van der Waals surface area contributed by atoms with Gasteiger partial charge in [0, 0.05) is 38.9 Å². The maximum atomic E-state index is 5.79. The van der Waals surface area contributed by atoms with E-state index in [1.807, 2.05) is 13.2 Å². The van der Waals surface area contributed by atoms with Crippen LogP contribution >= 0.6 is 24.0 Å². The highest BCUT2D eigenvalue weighted by Crippen LogP contribution is 2.19. The third-order valence-corrected chi connectivity index (χ3v) is 4.93. The molecule has 0 amide bonds. The molecule has 2 fully saturated rings. The van der Waals surface area contributed by atoms with Gasteiger partial charge in [-0.05, 0) is 38.3 Å². The van der Waals surface area contributed by atoms with Crippen molar-refractivity contribution in [3.63, 3.8) is 0 Å². The lowest BCUT2D eigenvalue weighted by Gasteiger charge is -2.36. The third-order valence-electron chi connectivity index (χ3n) is 4.93. The Balaban J connectivity index is 0.00000243. The third kappa shape index (κ3) is 5.97. The number of aliphatic imine (C=N–C) groups is 1. The van der Waals surface area contributed by atoms with E-state index in [0.717, 1.165) is 37.0 Å². The number of nitrogens with one attached hydrogen (secondary N) is 2. The number of halogens is 1. The van der Waals surface area contributed by atoms with E-state index in [9.17, 15) is 0 Å². The molecular weight excluding hydrogens is 441 g/mol. The van der Waals surface area contributed by atoms with Gasteiger partial charge >= 0.3 is 0 Å². The topological polar surface area (TPSA) is 61.8 Å². The molecule has 2 unspecified atom stereocenters. The zero-order valence-corrected chi connectivity index (χ0v) is 18.4. The molecule has 1 aliphatic heterocycles. The summed E-state index contributed by atoms with van der Waals surface area (Å²) in [6.45, 7) is 6.75. The number of rotatable bonds is 4. The van der Waals surface area contributed by atoms with Crippen LogP contribution in [0, 0.1) is 0 Å². The molecule has 0 aromatic carbocycles. The van der Waals surface area contributed by atoms with Gasteiger partial charge in [0.05, 0.1) is 12.2 Å². The number of ether oxygens (including phenoxy) is 1. The molecule has 1 aromatic heterocycles. The zero-order valence-electron chi connectivity index (χ0n) is 16.1. The average molecular weight is 473 g/mol. The molecule has 146 valence electrons. The first kappa shape index (κ1) is 21.2. The first-order valence-electron chi connectivity index (χ1n) is 9.46. The number of guanidine groups is 1. The fourth-order valence-electron chi connectivity index (χ4n) is 3.72. The monoisotopic (exact) mass is 473 g/mol. The Bertz CT molecular complexity index is 564. The molecular formula is C19H32IN5O. The van der Waals surface area contributed by atoms with Crippen molar-refractivity contribution in [3.05, 3.63) is 23.9 Å². The van der Waals surface area contributed by atoms with Crippen molar-refractivity contribution in [1.29, 1.82) is 0 Å². The predicted octanol–water partition coefficient (Wildman–Crippen LogP) is 2.92. The van der Waals surface area contributed by atoms with Crippen molar-refractivity contribution in [2.24, 2.45) is 4.99 Å². The fourth-order valence-corrected chi connectivity index (χ4v) is 3.72. The highest BCUT2D eigenvalue weighted by atomic mass is 127. The molecule has 1 aliphatic carbocycles. The van der Waals surface area contributed by atoms with Gasteiger partial charge in [-0.2, -0.15) is 0 Å². The Morgan fingerprint density at radius 1 is 1.23 bits per heavy atom. The molecule has 2 atom stereocenters. The van der Waals surface area contributed by atoms with Crippen molar-refractivity contribution >= 4 is 35.8 Å². The molecule has 7 heteroatoms. The SMILES string of the molecule is CN=C(NCc1ccc(N2CC(C)OC(C)C2)nc1)NC1CCCC1.I. The smallest absolute Gasteiger partial charge is 0.191 e. The number of anilines is 1. The minimum Gasteiger partial charge on any atom is -0.372 e. The lowest BCUT2D eigenvalue weighted by atomic mass is 10.2. The van der Waals surface area contributed by atoms with Crippen LogP contribution in [0.2, 0.25) is 0 Å². The van der Waals surface area contributed by atoms with Gasteiger partial charge in [0.1, 0.15) is 5.82 Å². The zero-order chi connectivity index (χ0) is 17.6. The van der Waals surface area contributed by atoms with Crippen LogP contribution in [0.25, 0.3) is 0 Å². The van der Waals surface area contributed by atoms with Crippen molar-refractivity contribution in [1.82, 2.24) is 15.6 Å². The highest BCUT2D eigenvalue weighted by molar-refractivity contribution is 14.0. The van der Waals surface area contributed by atoms with Gasteiger partial charge in [-0.3, -0.25) is 4.99 Å². The largest absolute Gasteiger partial charge is 0.372 e. The lowest BCUT2D eigenvalue weighted by Crippen LogP contribution is -2.45. The Kier molecular flexibility index (Phi) is 8.40. The molecule has 6 nitrogen and oxygen atoms in total. The summed E-state index contributed by atoms with van der Waals surface area (Å²) in [5.74, 6) is 1.91. The number of morpholine rings is 1. The molecule has 0 radical (unpaired) electrons. The normalized spacial score (nSPS) is 24.3. The number of hydrogen-bond acceptors (Lipinski definition) is 4. The average Bonchev–Trinajstić information content (AvgIpc) is 3.11. The first-order valence-corrected chi connectivity index (χ1v) is 9.46. The van der Waals surface area contributed by atoms with Gasteiger partial charge in [-0.15, -0.1) is 24.0 Å². The summed E-state index contributed by atoms with van der Waals surface area (Å²) in [5.41, 5.74) is 1.16. The van der Waals surface area contributed by atoms with Crippen molar-refractivity contribution in [2.45, 2.75) is 64.3 Å². The Labute approximate surface area is 174 Å². The predicted molar refractivity (Wildman–Crippen MR) is 117 cm³/mol. The summed E-state index contributed by atoms with van der Waals surface area (Å²) in [5, 5.41) is 6.90. The van der Waals surface area contributed by atoms with Gasteiger partial charge < -0.3 is 20.3 Å². The van der Waals surface area contributed by atoms with E-state index in [2.05, 4.69) is 51.5 Å². The second-order valence-electron chi connectivity index (χ2n) is 7.24. The van der Waals surface area contributed by atoms with Crippen molar-refractivity contribution in [2.75, 3.05) is 25.0 Å². The maximum Gasteiger partial charge on any atom is 0.191 e. The van der Waals surface area contributed by atoms with Gasteiger partial charge in [0.2, 0.25) is 0 Å². The van der Waals surface area contributed by atoms with Gasteiger partial charge in [-0.25, -0.2) is 4.98 Å². The van der Waals surface area contributed by atoms with Gasteiger partial charge in [0.15, 0.2) is 5.96 Å². The molecule has 1 saturated carbocycles. The molecule has 3 rings (SSSR count). The fraction of sp³-hybridized carbons (Fsp3) is 0.684. The van der Waals surface area contributed by atoms with Crippen molar-refractivity contribution in [3.8, 4) is 0 Å². The molecule has 1 aromatic rings. The number of pyridine rings is 1. The van der Waals surface area contributed by atoms with E-state index in [1.165, 1.54) is 25.7 Å². The van der Waals surface area contributed by atoms with E-state index in [4.69, 9.17) is 4.74 Å². The van der Waals surface area contributed by atoms with Crippen LogP contribution < -0.4 is 15.5 Å². The maximum absolute atomic E-state index is 5.79. The van der Waals surface area contributed by atoms with Gasteiger partial charge in [-0.1, -0.05) is 18.9 Å². The molecule has 2 aliphatic rings. The molecule has 1 saturated heterocycles. The minimum atomic E-state index is 0. The number of hydrogen-bond donors (Lipinski definition) is 2. The first-order chi connectivity index (χ1) is 12.1. The Morgan fingerprint density at radius 3 is 2.50 bits per heavy atom. The second-order valence-corrected chi connectivity index (χ2v) is 7.24. The molecule has 0 bridgehead atoms. The Hall–Kier alpha value is -1.09. The summed E-state index contributed by atoms with van der Waals surface area (Å²) in [4.78, 5) is 11.3. The summed E-state index contributed by atoms with van der Waals surface area (Å²) >= 11 is 0. The van der Waals surface area contributed by atoms with E-state index in [-0.39, 0.29) is 36.2 Å². The lowest BCUT2D eigenvalue weighted by molar-refractivity contribution is -0.00545. The molecule has 2 heterocycles. The van der Waals surface area contributed by atoms with E-state index in [1.54, 1.807) is 0 Å². The van der Waals surface area contributed by atoms with Crippen LogP contribution in [0.3, 0.4) is 0 Å². The van der Waals surface area contributed by atoms with Crippen LogP contribution in [0.5, 0.6) is 0 Å². The number of nitrogens with zero attached hydrogens (tertiary/aromatic N) is 3. The number of aromatic nitrogens is 1. The van der Waals surface area contributed by atoms with Crippen molar-refractivity contribution < 1.29 is 4.74 Å². The molecule has 0 spiro atoms. The summed E-state index contributed by atoms with van der Waals surface area (Å²) in [7, 11) is 1.83. The van der Waals surface area contributed by atoms with E-state index >= 15 is 0 Å². The standard InChI is InChI=1S/C19H31N5O.HI/c1-14-12-24(13-15(2)25-14)18-9-8-16(10-21-18)11-22-19(20-3)23-17-6-4-5-7-17;/h8-10,14-15,17H,4-7,11-13H2,1-3H3,(H2,20,22,23);1H. The Morgan fingerprint density at radius 2 is 1.92 bits per heavy atom. The second kappa shape index (κ2) is 10.3. The minimum absolute atomic E-state index is 0. The van der Waals surface area contributed by atoms with E-state index < -0.39 is 0 Å². The van der Waals surface area contributed by atoms with Crippen LogP contribution in [-0.2, 0) is 11.3 Å². The summed E-state index contributed by atoms with van der Waals surface area (Å²) in [6, 6.07) is 4.81. The van der Waals surface area contributed by atoms with Crippen LogP contribution in [0.4, 0.5) is 5.82 Å².